The van der Waals surface area contributed by atoms with Crippen molar-refractivity contribution in [3.8, 4) is 0 Å². The maximum absolute atomic E-state index is 11.5. The Morgan fingerprint density at radius 1 is 1.37 bits per heavy atom. The van der Waals surface area contributed by atoms with E-state index in [-0.39, 0.29) is 28.0 Å². The first-order valence-corrected chi connectivity index (χ1v) is 8.15. The minimum atomic E-state index is -3.02. The molecule has 1 aliphatic rings. The minimum absolute atomic E-state index is 0. The van der Waals surface area contributed by atoms with Crippen LogP contribution in [0.5, 0.6) is 0 Å². The van der Waals surface area contributed by atoms with Crippen LogP contribution in [-0.2, 0) is 9.84 Å². The van der Waals surface area contributed by atoms with E-state index in [2.05, 4.69) is 9.97 Å². The van der Waals surface area contributed by atoms with Crippen LogP contribution < -0.4 is 17.0 Å². The van der Waals surface area contributed by atoms with Crippen LogP contribution in [-0.4, -0.2) is 29.4 Å². The maximum atomic E-state index is 11.5. The van der Waals surface area contributed by atoms with Gasteiger partial charge in [0.2, 0.25) is 0 Å². The lowest BCUT2D eigenvalue weighted by Gasteiger charge is -2.06. The van der Waals surface area contributed by atoms with Gasteiger partial charge in [-0.1, -0.05) is 23.9 Å². The Kier molecular flexibility index (Phi) is 4.08. The Balaban J connectivity index is 0.00000133. The zero-order chi connectivity index (χ0) is 12.8. The lowest BCUT2D eigenvalue weighted by atomic mass is 10.3. The van der Waals surface area contributed by atoms with Gasteiger partial charge >= 0.3 is 0 Å². The smallest absolute Gasteiger partial charge is 0.173 e. The summed E-state index contributed by atoms with van der Waals surface area (Å²) in [4.78, 5) is 7.64. The number of halogens is 1. The molecular weight excluding hydrogens is 348 g/mol. The van der Waals surface area contributed by atoms with Gasteiger partial charge in [-0.05, 0) is 24.6 Å². The molecule has 0 fully saturated rings. The molecule has 2 aromatic rings. The number of rotatable bonds is 2. The molecule has 0 saturated carbocycles. The molecule has 0 saturated heterocycles. The predicted molar refractivity (Wildman–Crippen MR) is 73.3 cm³/mol. The van der Waals surface area contributed by atoms with Gasteiger partial charge in [-0.25, -0.2) is 13.4 Å². The zero-order valence-electron chi connectivity index (χ0n) is 10.1. The highest BCUT2D eigenvalue weighted by Crippen LogP contribution is 2.32. The molecule has 1 N–H and O–H groups in total. The number of aromatic nitrogens is 2. The number of thioether (sulfide) groups is 1. The van der Waals surface area contributed by atoms with Gasteiger partial charge in [0.15, 0.2) is 15.0 Å². The molecule has 3 rings (SSSR count). The maximum Gasteiger partial charge on any atom is 0.173 e. The van der Waals surface area contributed by atoms with Gasteiger partial charge in [0.25, 0.3) is 0 Å². The van der Waals surface area contributed by atoms with E-state index >= 15 is 0 Å². The molecule has 1 aliphatic heterocycles. The van der Waals surface area contributed by atoms with Crippen LogP contribution in [0, 0.1) is 0 Å². The Labute approximate surface area is 126 Å². The van der Waals surface area contributed by atoms with Gasteiger partial charge in [0, 0.05) is 10.7 Å². The SMILES string of the molecule is CC1=CS(=O)(=O)CC1Sc1nc2ccccc2[nH]1.[Br-]. The number of imidazole rings is 1. The summed E-state index contributed by atoms with van der Waals surface area (Å²) in [7, 11) is -3.02. The van der Waals surface area contributed by atoms with E-state index in [4.69, 9.17) is 0 Å². The lowest BCUT2D eigenvalue weighted by molar-refractivity contribution is -0.00000609. The highest BCUT2D eigenvalue weighted by molar-refractivity contribution is 8.02. The molecule has 102 valence electrons. The van der Waals surface area contributed by atoms with Crippen molar-refractivity contribution in [2.75, 3.05) is 5.75 Å². The molecule has 1 aromatic carbocycles. The third-order valence-electron chi connectivity index (χ3n) is 2.88. The summed E-state index contributed by atoms with van der Waals surface area (Å²) in [6, 6.07) is 7.77. The topological polar surface area (TPSA) is 62.8 Å². The Bertz CT molecular complexity index is 704. The number of benzene rings is 1. The summed E-state index contributed by atoms with van der Waals surface area (Å²) in [5.74, 6) is 0.167. The van der Waals surface area contributed by atoms with Crippen molar-refractivity contribution >= 4 is 32.6 Å². The first-order valence-electron chi connectivity index (χ1n) is 5.56. The number of H-pyrrole nitrogens is 1. The number of nitrogens with zero attached hydrogens (tertiary/aromatic N) is 1. The fourth-order valence-corrected chi connectivity index (χ4v) is 5.28. The van der Waals surface area contributed by atoms with Crippen LogP contribution in [0.15, 0.2) is 40.4 Å². The predicted octanol–water partition coefficient (Wildman–Crippen LogP) is -0.640. The quantitative estimate of drug-likeness (QED) is 0.774. The second-order valence-corrected chi connectivity index (χ2v) is 7.44. The van der Waals surface area contributed by atoms with E-state index in [1.165, 1.54) is 17.2 Å². The van der Waals surface area contributed by atoms with Gasteiger partial charge in [0.1, 0.15) is 0 Å². The highest BCUT2D eigenvalue weighted by Gasteiger charge is 2.28. The molecule has 0 spiro atoms. The number of para-hydroxylation sites is 2. The standard InChI is InChI=1S/C12H12N2O2S2.BrH/c1-8-6-18(15,16)7-11(8)17-12-13-9-4-2-3-5-10(9)14-12;/h2-6,11H,7H2,1H3,(H,13,14);1H/p-1. The number of hydrogen-bond donors (Lipinski definition) is 1. The molecule has 1 atom stereocenters. The van der Waals surface area contributed by atoms with Crippen molar-refractivity contribution in [3.63, 3.8) is 0 Å². The summed E-state index contributed by atoms with van der Waals surface area (Å²) in [6.07, 6.45) is 0. The molecule has 7 heteroatoms. The van der Waals surface area contributed by atoms with Crippen LogP contribution in [0.4, 0.5) is 0 Å². The van der Waals surface area contributed by atoms with Crippen LogP contribution in [0.2, 0.25) is 0 Å². The Hall–Kier alpha value is -0.790. The number of aromatic amines is 1. The molecule has 4 nitrogen and oxygen atoms in total. The van der Waals surface area contributed by atoms with E-state index in [1.54, 1.807) is 0 Å². The van der Waals surface area contributed by atoms with E-state index < -0.39 is 9.84 Å². The average molecular weight is 360 g/mol. The Morgan fingerprint density at radius 2 is 2.11 bits per heavy atom. The lowest BCUT2D eigenvalue weighted by Crippen LogP contribution is -3.00. The average Bonchev–Trinajstić information content (AvgIpc) is 2.79. The molecule has 0 aliphatic carbocycles. The summed E-state index contributed by atoms with van der Waals surface area (Å²) in [6.45, 7) is 1.85. The second-order valence-electron chi connectivity index (χ2n) is 4.36. The molecule has 1 aromatic heterocycles. The third-order valence-corrected chi connectivity index (χ3v) is 5.86. The molecule has 0 radical (unpaired) electrons. The normalized spacial score (nSPS) is 21.1. The van der Waals surface area contributed by atoms with Crippen molar-refractivity contribution in [1.29, 1.82) is 0 Å². The summed E-state index contributed by atoms with van der Waals surface area (Å²) in [5, 5.41) is 2.11. The monoisotopic (exact) mass is 359 g/mol. The summed E-state index contributed by atoms with van der Waals surface area (Å²) >= 11 is 1.47. The van der Waals surface area contributed by atoms with E-state index in [1.807, 2.05) is 31.2 Å². The summed E-state index contributed by atoms with van der Waals surface area (Å²) < 4.78 is 23.0. The first kappa shape index (κ1) is 14.6. The van der Waals surface area contributed by atoms with Crippen LogP contribution in [0.3, 0.4) is 0 Å². The number of hydrogen-bond acceptors (Lipinski definition) is 4. The third kappa shape index (κ3) is 3.04. The molecule has 1 unspecified atom stereocenters. The van der Waals surface area contributed by atoms with Crippen molar-refractivity contribution in [1.82, 2.24) is 9.97 Å². The fourth-order valence-electron chi connectivity index (χ4n) is 2.00. The largest absolute Gasteiger partial charge is 1.00 e. The van der Waals surface area contributed by atoms with E-state index in [9.17, 15) is 8.42 Å². The minimum Gasteiger partial charge on any atom is -1.00 e. The van der Waals surface area contributed by atoms with Crippen molar-refractivity contribution in [2.24, 2.45) is 0 Å². The van der Waals surface area contributed by atoms with Crippen LogP contribution >= 0.6 is 11.8 Å². The molecule has 0 bridgehead atoms. The first-order chi connectivity index (χ1) is 8.53. The van der Waals surface area contributed by atoms with Crippen molar-refractivity contribution < 1.29 is 25.4 Å². The molecular formula is C12H12BrN2O2S2-. The van der Waals surface area contributed by atoms with Crippen LogP contribution in [0.1, 0.15) is 6.92 Å². The van der Waals surface area contributed by atoms with Gasteiger partial charge in [0.05, 0.1) is 16.8 Å². The zero-order valence-corrected chi connectivity index (χ0v) is 13.3. The van der Waals surface area contributed by atoms with Crippen LogP contribution in [0.25, 0.3) is 11.0 Å². The van der Waals surface area contributed by atoms with Crippen molar-refractivity contribution in [2.45, 2.75) is 17.3 Å². The van der Waals surface area contributed by atoms with E-state index in [0.29, 0.717) is 0 Å². The van der Waals surface area contributed by atoms with Gasteiger partial charge in [-0.2, -0.15) is 0 Å². The number of nitrogens with one attached hydrogen (secondary N) is 1. The van der Waals surface area contributed by atoms with Crippen molar-refractivity contribution in [3.05, 3.63) is 35.2 Å². The molecule has 2 heterocycles. The van der Waals surface area contributed by atoms with Gasteiger partial charge in [-0.3, -0.25) is 0 Å². The highest BCUT2D eigenvalue weighted by atomic mass is 79.9. The summed E-state index contributed by atoms with van der Waals surface area (Å²) in [5.41, 5.74) is 2.77. The van der Waals surface area contributed by atoms with E-state index in [0.717, 1.165) is 21.8 Å². The van der Waals surface area contributed by atoms with Gasteiger partial charge < -0.3 is 22.0 Å². The molecule has 19 heavy (non-hydrogen) atoms. The second kappa shape index (κ2) is 5.30. The fraction of sp³-hybridized carbons (Fsp3) is 0.250. The number of sulfone groups is 1. The molecule has 0 amide bonds. The number of fused-ring (bicyclic) bond motifs is 1. The van der Waals surface area contributed by atoms with Gasteiger partial charge in [-0.15, -0.1) is 0 Å². The Morgan fingerprint density at radius 3 is 2.74 bits per heavy atom.